The van der Waals surface area contributed by atoms with Gasteiger partial charge in [-0.05, 0) is 34.2 Å². The summed E-state index contributed by atoms with van der Waals surface area (Å²) < 4.78 is 26.5. The Morgan fingerprint density at radius 1 is 1.04 bits per heavy atom. The number of benzene rings is 2. The van der Waals surface area contributed by atoms with Crippen molar-refractivity contribution in [1.82, 2.24) is 4.98 Å². The zero-order valence-electron chi connectivity index (χ0n) is 15.1. The van der Waals surface area contributed by atoms with E-state index < -0.39 is 9.84 Å². The zero-order valence-corrected chi connectivity index (χ0v) is 16.7. The summed E-state index contributed by atoms with van der Waals surface area (Å²) in [5.74, 6) is 0. The van der Waals surface area contributed by atoms with Crippen molar-refractivity contribution in [2.24, 2.45) is 5.73 Å². The maximum absolute atomic E-state index is 13.2. The molecule has 3 rings (SSSR count). The molecule has 2 N–H and O–H groups in total. The molecule has 0 aliphatic heterocycles. The van der Waals surface area contributed by atoms with Gasteiger partial charge in [0, 0.05) is 6.54 Å². The van der Waals surface area contributed by atoms with Gasteiger partial charge in [0.15, 0.2) is 0 Å². The first-order valence-corrected chi connectivity index (χ1v) is 10.6. The Bertz CT molecular complexity index is 1020. The van der Waals surface area contributed by atoms with Gasteiger partial charge in [-0.1, -0.05) is 57.2 Å². The number of aromatic nitrogens is 1. The van der Waals surface area contributed by atoms with Crippen LogP contribution in [0.1, 0.15) is 31.3 Å². The van der Waals surface area contributed by atoms with E-state index in [0.29, 0.717) is 5.01 Å². The van der Waals surface area contributed by atoms with Crippen molar-refractivity contribution in [3.63, 3.8) is 0 Å². The number of rotatable bonds is 4. The molecule has 1 heterocycles. The van der Waals surface area contributed by atoms with Crippen LogP contribution in [0.15, 0.2) is 63.8 Å². The summed E-state index contributed by atoms with van der Waals surface area (Å²) in [7, 11) is -3.64. The molecule has 0 atom stereocenters. The zero-order chi connectivity index (χ0) is 18.9. The highest BCUT2D eigenvalue weighted by atomic mass is 32.2. The highest BCUT2D eigenvalue weighted by Crippen LogP contribution is 2.34. The molecular weight excluding hydrogens is 364 g/mol. The van der Waals surface area contributed by atoms with Gasteiger partial charge in [-0.2, -0.15) is 0 Å². The van der Waals surface area contributed by atoms with Crippen molar-refractivity contribution in [3.8, 4) is 11.1 Å². The molecule has 0 bridgehead atoms. The van der Waals surface area contributed by atoms with E-state index in [1.54, 1.807) is 12.1 Å². The normalized spacial score (nSPS) is 12.3. The second-order valence-electron chi connectivity index (χ2n) is 7.14. The molecule has 0 radical (unpaired) electrons. The first-order chi connectivity index (χ1) is 12.2. The van der Waals surface area contributed by atoms with E-state index in [9.17, 15) is 8.42 Å². The van der Waals surface area contributed by atoms with E-state index in [-0.39, 0.29) is 21.1 Å². The van der Waals surface area contributed by atoms with Crippen molar-refractivity contribution in [2.45, 2.75) is 41.8 Å². The van der Waals surface area contributed by atoms with Crippen LogP contribution in [-0.4, -0.2) is 13.4 Å². The lowest BCUT2D eigenvalue weighted by Crippen LogP contribution is -2.13. The van der Waals surface area contributed by atoms with Crippen LogP contribution in [0.25, 0.3) is 11.1 Å². The van der Waals surface area contributed by atoms with Crippen LogP contribution in [0.4, 0.5) is 0 Å². The van der Waals surface area contributed by atoms with Crippen molar-refractivity contribution in [3.05, 3.63) is 65.3 Å². The summed E-state index contributed by atoms with van der Waals surface area (Å²) in [5.41, 5.74) is 8.25. The molecule has 2 aromatic carbocycles. The van der Waals surface area contributed by atoms with Gasteiger partial charge in [0.2, 0.25) is 9.84 Å². The van der Waals surface area contributed by atoms with Crippen LogP contribution in [0, 0.1) is 0 Å². The largest absolute Gasteiger partial charge is 0.325 e. The molecule has 0 fully saturated rings. The summed E-state index contributed by atoms with van der Waals surface area (Å²) in [6.07, 6.45) is 1.40. The topological polar surface area (TPSA) is 73.0 Å². The number of hydrogen-bond acceptors (Lipinski definition) is 5. The quantitative estimate of drug-likeness (QED) is 0.721. The molecule has 3 aromatic rings. The Morgan fingerprint density at radius 3 is 2.31 bits per heavy atom. The Hall–Kier alpha value is -2.02. The molecule has 6 heteroatoms. The Labute approximate surface area is 158 Å². The number of sulfone groups is 1. The predicted molar refractivity (Wildman–Crippen MR) is 106 cm³/mol. The van der Waals surface area contributed by atoms with E-state index in [4.69, 9.17) is 5.73 Å². The monoisotopic (exact) mass is 386 g/mol. The highest BCUT2D eigenvalue weighted by molar-refractivity contribution is 7.93. The van der Waals surface area contributed by atoms with Crippen molar-refractivity contribution >= 4 is 21.2 Å². The van der Waals surface area contributed by atoms with Crippen molar-refractivity contribution < 1.29 is 8.42 Å². The molecule has 0 saturated heterocycles. The molecule has 0 saturated carbocycles. The summed E-state index contributed by atoms with van der Waals surface area (Å²) >= 11 is 1.13. The molecule has 0 amide bonds. The predicted octanol–water partition coefficient (Wildman–Crippen LogP) is 4.40. The Morgan fingerprint density at radius 2 is 1.73 bits per heavy atom. The van der Waals surface area contributed by atoms with E-state index in [0.717, 1.165) is 28.0 Å². The van der Waals surface area contributed by atoms with E-state index >= 15 is 0 Å². The SMILES string of the molecule is CC(C)(C)c1cc(-c2ccccc2)cc(S(=O)(=O)c2cnc(CN)s2)c1. The van der Waals surface area contributed by atoms with Crippen LogP contribution in [0.3, 0.4) is 0 Å². The minimum absolute atomic E-state index is 0.175. The number of hydrogen-bond donors (Lipinski definition) is 1. The third-order valence-corrected chi connectivity index (χ3v) is 7.38. The van der Waals surface area contributed by atoms with Gasteiger partial charge in [-0.25, -0.2) is 13.4 Å². The lowest BCUT2D eigenvalue weighted by atomic mass is 9.85. The van der Waals surface area contributed by atoms with Crippen LogP contribution in [-0.2, 0) is 21.8 Å². The smallest absolute Gasteiger partial charge is 0.217 e. The average Bonchev–Trinajstić information content (AvgIpc) is 3.11. The van der Waals surface area contributed by atoms with E-state index in [1.807, 2.05) is 30.3 Å². The average molecular weight is 387 g/mol. The second kappa shape index (κ2) is 6.95. The Balaban J connectivity index is 2.20. The molecule has 0 aliphatic carbocycles. The maximum atomic E-state index is 13.2. The molecule has 0 unspecified atom stereocenters. The molecular formula is C20H22N2O2S2. The fraction of sp³-hybridized carbons (Fsp3) is 0.250. The van der Waals surface area contributed by atoms with Crippen molar-refractivity contribution in [2.75, 3.05) is 0 Å². The summed E-state index contributed by atoms with van der Waals surface area (Å²) in [5, 5.41) is 0.610. The van der Waals surface area contributed by atoms with Crippen LogP contribution >= 0.6 is 11.3 Å². The minimum Gasteiger partial charge on any atom is -0.325 e. The fourth-order valence-electron chi connectivity index (χ4n) is 2.61. The third kappa shape index (κ3) is 3.72. The van der Waals surface area contributed by atoms with Gasteiger partial charge in [0.05, 0.1) is 11.1 Å². The number of thiazole rings is 1. The van der Waals surface area contributed by atoms with Gasteiger partial charge in [0.25, 0.3) is 0 Å². The number of nitrogens with zero attached hydrogens (tertiary/aromatic N) is 1. The molecule has 26 heavy (non-hydrogen) atoms. The first-order valence-electron chi connectivity index (χ1n) is 8.32. The van der Waals surface area contributed by atoms with Gasteiger partial charge >= 0.3 is 0 Å². The van der Waals surface area contributed by atoms with Gasteiger partial charge in [0.1, 0.15) is 9.22 Å². The van der Waals surface area contributed by atoms with E-state index in [1.165, 1.54) is 6.20 Å². The second-order valence-corrected chi connectivity index (χ2v) is 10.4. The summed E-state index contributed by atoms with van der Waals surface area (Å²) in [6.45, 7) is 6.46. The lowest BCUT2D eigenvalue weighted by molar-refractivity contribution is 0.584. The summed E-state index contributed by atoms with van der Waals surface area (Å²) in [6, 6.07) is 15.4. The lowest BCUT2D eigenvalue weighted by Gasteiger charge is -2.21. The molecule has 0 spiro atoms. The maximum Gasteiger partial charge on any atom is 0.217 e. The minimum atomic E-state index is -3.64. The molecule has 136 valence electrons. The van der Waals surface area contributed by atoms with E-state index in [2.05, 4.69) is 31.8 Å². The highest BCUT2D eigenvalue weighted by Gasteiger charge is 2.24. The summed E-state index contributed by atoms with van der Waals surface area (Å²) in [4.78, 5) is 4.38. The molecule has 4 nitrogen and oxygen atoms in total. The first kappa shape index (κ1) is 18.8. The Kier molecular flexibility index (Phi) is 5.01. The third-order valence-electron chi connectivity index (χ3n) is 4.16. The van der Waals surface area contributed by atoms with Gasteiger partial charge in [-0.15, -0.1) is 11.3 Å². The van der Waals surface area contributed by atoms with Crippen LogP contribution in [0.2, 0.25) is 0 Å². The molecule has 1 aromatic heterocycles. The standard InChI is InChI=1S/C20H22N2O2S2/c1-20(2,3)16-9-15(14-7-5-4-6-8-14)10-17(11-16)26(23,24)19-13-22-18(12-21)25-19/h4-11,13H,12,21H2,1-3H3. The van der Waals surface area contributed by atoms with Gasteiger partial charge < -0.3 is 5.73 Å². The molecule has 0 aliphatic rings. The fourth-order valence-corrected chi connectivity index (χ4v) is 5.14. The van der Waals surface area contributed by atoms with Gasteiger partial charge in [-0.3, -0.25) is 0 Å². The van der Waals surface area contributed by atoms with Crippen molar-refractivity contribution in [1.29, 1.82) is 0 Å². The van der Waals surface area contributed by atoms with Crippen LogP contribution < -0.4 is 5.73 Å². The number of nitrogens with two attached hydrogens (primary N) is 1. The van der Waals surface area contributed by atoms with Crippen LogP contribution in [0.5, 0.6) is 0 Å².